The molecule has 2 saturated heterocycles. The predicted octanol–water partition coefficient (Wildman–Crippen LogP) is 3.16. The van der Waals surface area contributed by atoms with Gasteiger partial charge >= 0.3 is 0 Å². The molecule has 28 heavy (non-hydrogen) atoms. The quantitative estimate of drug-likeness (QED) is 0.727. The van der Waals surface area contributed by atoms with Gasteiger partial charge in [-0.3, -0.25) is 9.59 Å². The zero-order valence-electron chi connectivity index (χ0n) is 15.5. The van der Waals surface area contributed by atoms with E-state index >= 15 is 0 Å². The van der Waals surface area contributed by atoms with E-state index in [2.05, 4.69) is 15.3 Å². The Bertz CT molecular complexity index is 1080. The van der Waals surface area contributed by atoms with Crippen molar-refractivity contribution in [1.29, 1.82) is 0 Å². The maximum atomic E-state index is 13.2. The Morgan fingerprint density at radius 1 is 1.14 bits per heavy atom. The van der Waals surface area contributed by atoms with E-state index in [1.165, 1.54) is 0 Å². The Hall–Kier alpha value is -2.80. The molecule has 3 aromatic rings. The first-order chi connectivity index (χ1) is 13.6. The molecule has 2 amide bonds. The summed E-state index contributed by atoms with van der Waals surface area (Å²) in [6.45, 7) is 2.44. The predicted molar refractivity (Wildman–Crippen MR) is 108 cm³/mol. The van der Waals surface area contributed by atoms with Gasteiger partial charge in [0.05, 0.1) is 15.9 Å². The van der Waals surface area contributed by atoms with E-state index < -0.39 is 0 Å². The summed E-state index contributed by atoms with van der Waals surface area (Å²) >= 11 is 1.62. The number of nitrogens with one attached hydrogen (secondary N) is 1. The first-order valence-electron chi connectivity index (χ1n) is 9.52. The molecule has 2 aliphatic rings. The van der Waals surface area contributed by atoms with Crippen LogP contribution in [0.15, 0.2) is 35.7 Å². The van der Waals surface area contributed by atoms with Gasteiger partial charge in [-0.15, -0.1) is 11.3 Å². The van der Waals surface area contributed by atoms with Crippen LogP contribution in [0.25, 0.3) is 21.5 Å². The highest BCUT2D eigenvalue weighted by Crippen LogP contribution is 2.32. The molecule has 2 aliphatic heterocycles. The van der Waals surface area contributed by atoms with Gasteiger partial charge in [0, 0.05) is 36.2 Å². The highest BCUT2D eigenvalue weighted by molar-refractivity contribution is 7.17. The highest BCUT2D eigenvalue weighted by Gasteiger charge is 2.40. The number of nitrogens with zero attached hydrogens (tertiary/aromatic N) is 3. The van der Waals surface area contributed by atoms with Crippen molar-refractivity contribution in [2.24, 2.45) is 0 Å². The number of amides is 2. The van der Waals surface area contributed by atoms with Crippen LogP contribution in [-0.2, 0) is 4.79 Å². The molecule has 2 atom stereocenters. The number of aromatic nitrogens is 2. The number of hydrogen-bond donors (Lipinski definition) is 1. The highest BCUT2D eigenvalue weighted by atomic mass is 32.1. The Balaban J connectivity index is 1.46. The number of carbonyl (C=O) groups is 2. The smallest absolute Gasteiger partial charge is 0.254 e. The minimum absolute atomic E-state index is 0.00920. The van der Waals surface area contributed by atoms with Crippen LogP contribution in [0.1, 0.15) is 35.4 Å². The van der Waals surface area contributed by atoms with Gasteiger partial charge in [0.15, 0.2) is 0 Å². The van der Waals surface area contributed by atoms with E-state index in [1.807, 2.05) is 47.5 Å². The van der Waals surface area contributed by atoms with E-state index in [-0.39, 0.29) is 23.9 Å². The van der Waals surface area contributed by atoms with Crippen LogP contribution in [0.2, 0.25) is 0 Å². The Morgan fingerprint density at radius 3 is 2.75 bits per heavy atom. The van der Waals surface area contributed by atoms with E-state index in [4.69, 9.17) is 0 Å². The summed E-state index contributed by atoms with van der Waals surface area (Å²) in [5.41, 5.74) is 3.49. The second-order valence-corrected chi connectivity index (χ2v) is 8.35. The summed E-state index contributed by atoms with van der Waals surface area (Å²) in [7, 11) is 0. The van der Waals surface area contributed by atoms with Crippen molar-refractivity contribution in [2.75, 3.05) is 6.54 Å². The minimum Gasteiger partial charge on any atom is -0.354 e. The molecule has 0 aliphatic carbocycles. The first kappa shape index (κ1) is 17.3. The standard InChI is InChI=1S/C21H20N4O2S/c1-12-23-17-8-9-28-20(17)19(24-12)13-2-4-14(5-3-13)21(27)25-15-6-7-16(25)11-22-18(26)10-15/h2-5,8-9,15-16H,6-7,10-11H2,1H3,(H,22,26)/t15-,16+/m1/s1. The van der Waals surface area contributed by atoms with Crippen LogP contribution in [0.5, 0.6) is 0 Å². The minimum atomic E-state index is 0.00920. The van der Waals surface area contributed by atoms with Crippen molar-refractivity contribution >= 4 is 33.4 Å². The van der Waals surface area contributed by atoms with Crippen molar-refractivity contribution in [3.63, 3.8) is 0 Å². The molecule has 2 aromatic heterocycles. The average molecular weight is 392 g/mol. The average Bonchev–Trinajstić information content (AvgIpc) is 3.27. The molecule has 0 unspecified atom stereocenters. The Labute approximate surface area is 166 Å². The molecule has 0 spiro atoms. The molecule has 0 saturated carbocycles. The number of carbonyl (C=O) groups excluding carboxylic acids is 2. The van der Waals surface area contributed by atoms with Crippen LogP contribution in [0.3, 0.4) is 0 Å². The van der Waals surface area contributed by atoms with Gasteiger partial charge in [-0.25, -0.2) is 9.97 Å². The third-order valence-electron chi connectivity index (χ3n) is 5.63. The molecule has 2 fully saturated rings. The van der Waals surface area contributed by atoms with E-state index in [0.29, 0.717) is 18.5 Å². The molecular formula is C21H20N4O2S. The van der Waals surface area contributed by atoms with Crippen LogP contribution in [-0.4, -0.2) is 45.3 Å². The summed E-state index contributed by atoms with van der Waals surface area (Å²) in [5, 5.41) is 4.94. The summed E-state index contributed by atoms with van der Waals surface area (Å²) in [4.78, 5) is 36.0. The van der Waals surface area contributed by atoms with Crippen LogP contribution in [0, 0.1) is 6.92 Å². The van der Waals surface area contributed by atoms with Gasteiger partial charge in [0.25, 0.3) is 5.91 Å². The van der Waals surface area contributed by atoms with Gasteiger partial charge in [0.1, 0.15) is 5.82 Å². The monoisotopic (exact) mass is 392 g/mol. The zero-order chi connectivity index (χ0) is 19.3. The zero-order valence-corrected chi connectivity index (χ0v) is 16.3. The van der Waals surface area contributed by atoms with Gasteiger partial charge < -0.3 is 10.2 Å². The van der Waals surface area contributed by atoms with Gasteiger partial charge in [-0.05, 0) is 43.3 Å². The Morgan fingerprint density at radius 2 is 1.93 bits per heavy atom. The lowest BCUT2D eigenvalue weighted by atomic mass is 10.1. The van der Waals surface area contributed by atoms with Crippen molar-refractivity contribution in [1.82, 2.24) is 20.2 Å². The third kappa shape index (κ3) is 2.86. The molecule has 0 radical (unpaired) electrons. The summed E-state index contributed by atoms with van der Waals surface area (Å²) in [6, 6.07) is 9.76. The Kier molecular flexibility index (Phi) is 4.12. The van der Waals surface area contributed by atoms with Gasteiger partial charge in [-0.2, -0.15) is 0 Å². The molecule has 142 valence electrons. The normalized spacial score (nSPS) is 21.6. The van der Waals surface area contributed by atoms with E-state index in [9.17, 15) is 9.59 Å². The third-order valence-corrected chi connectivity index (χ3v) is 6.54. The first-order valence-corrected chi connectivity index (χ1v) is 10.4. The lowest BCUT2D eigenvalue weighted by Crippen LogP contribution is -2.42. The molecular weight excluding hydrogens is 372 g/mol. The summed E-state index contributed by atoms with van der Waals surface area (Å²) in [5.74, 6) is 0.787. The van der Waals surface area contributed by atoms with Crippen molar-refractivity contribution in [3.05, 3.63) is 47.1 Å². The van der Waals surface area contributed by atoms with Crippen molar-refractivity contribution in [2.45, 2.75) is 38.3 Å². The molecule has 2 bridgehead atoms. The molecule has 6 nitrogen and oxygen atoms in total. The number of aryl methyl sites for hydroxylation is 1. The SMILES string of the molecule is Cc1nc(-c2ccc(C(=O)N3[C@@H]4CC[C@H]3CNC(=O)C4)cc2)c2sccc2n1. The van der Waals surface area contributed by atoms with Crippen molar-refractivity contribution < 1.29 is 9.59 Å². The molecule has 7 heteroatoms. The van der Waals surface area contributed by atoms with E-state index in [0.717, 1.165) is 40.1 Å². The van der Waals surface area contributed by atoms with Gasteiger partial charge in [0.2, 0.25) is 5.91 Å². The summed E-state index contributed by atoms with van der Waals surface area (Å²) in [6.07, 6.45) is 2.25. The number of benzene rings is 1. The fourth-order valence-corrected chi connectivity index (χ4v) is 5.15. The van der Waals surface area contributed by atoms with Crippen LogP contribution in [0.4, 0.5) is 0 Å². The maximum absolute atomic E-state index is 13.2. The van der Waals surface area contributed by atoms with Crippen molar-refractivity contribution in [3.8, 4) is 11.3 Å². The second kappa shape index (κ2) is 6.67. The molecule has 5 rings (SSSR count). The second-order valence-electron chi connectivity index (χ2n) is 7.44. The van der Waals surface area contributed by atoms with Gasteiger partial charge in [-0.1, -0.05) is 12.1 Å². The molecule has 4 heterocycles. The van der Waals surface area contributed by atoms with Crippen LogP contribution >= 0.6 is 11.3 Å². The number of thiophene rings is 1. The number of rotatable bonds is 2. The topological polar surface area (TPSA) is 75.2 Å². The largest absolute Gasteiger partial charge is 0.354 e. The van der Waals surface area contributed by atoms with Crippen LogP contribution < -0.4 is 5.32 Å². The van der Waals surface area contributed by atoms with E-state index in [1.54, 1.807) is 11.3 Å². The summed E-state index contributed by atoms with van der Waals surface area (Å²) < 4.78 is 1.06. The fraction of sp³-hybridized carbons (Fsp3) is 0.333. The molecule has 1 aromatic carbocycles. The maximum Gasteiger partial charge on any atom is 0.254 e. The lowest BCUT2D eigenvalue weighted by molar-refractivity contribution is -0.121. The number of fused-ring (bicyclic) bond motifs is 3. The number of hydrogen-bond acceptors (Lipinski definition) is 5. The molecule has 1 N–H and O–H groups in total. The lowest BCUT2D eigenvalue weighted by Gasteiger charge is -2.27. The fourth-order valence-electron chi connectivity index (χ4n) is 4.31.